The lowest BCUT2D eigenvalue weighted by molar-refractivity contribution is 0.602. The molecular formula is C11H11ClN4O2S2. The van der Waals surface area contributed by atoms with Crippen molar-refractivity contribution < 1.29 is 8.42 Å². The number of hydrogen-bond donors (Lipinski definition) is 2. The van der Waals surface area contributed by atoms with E-state index in [1.807, 2.05) is 0 Å². The van der Waals surface area contributed by atoms with E-state index in [4.69, 9.17) is 17.4 Å². The third-order valence-corrected chi connectivity index (χ3v) is 4.84. The van der Waals surface area contributed by atoms with E-state index < -0.39 is 9.84 Å². The Kier molecular flexibility index (Phi) is 4.48. The van der Waals surface area contributed by atoms with E-state index in [1.54, 1.807) is 12.1 Å². The summed E-state index contributed by atoms with van der Waals surface area (Å²) in [6.07, 6.45) is 2.60. The highest BCUT2D eigenvalue weighted by Gasteiger charge is 2.09. The lowest BCUT2D eigenvalue weighted by atomic mass is 10.4. The number of benzene rings is 1. The Morgan fingerprint density at radius 3 is 2.50 bits per heavy atom. The molecule has 1 aromatic heterocycles. The number of hydrogen-bond acceptors (Lipinski definition) is 7. The van der Waals surface area contributed by atoms with Crippen molar-refractivity contribution in [3.05, 3.63) is 35.5 Å². The Hall–Kier alpha value is -1.35. The number of nitrogen functional groups attached to an aromatic ring is 1. The predicted molar refractivity (Wildman–Crippen MR) is 78.5 cm³/mol. The zero-order valence-corrected chi connectivity index (χ0v) is 12.8. The van der Waals surface area contributed by atoms with Gasteiger partial charge in [-0.2, -0.15) is 0 Å². The van der Waals surface area contributed by atoms with Crippen molar-refractivity contribution in [1.29, 1.82) is 0 Å². The van der Waals surface area contributed by atoms with E-state index in [9.17, 15) is 8.42 Å². The van der Waals surface area contributed by atoms with Gasteiger partial charge in [0.1, 0.15) is 5.03 Å². The minimum atomic E-state index is -3.20. The summed E-state index contributed by atoms with van der Waals surface area (Å²) in [4.78, 5) is 9.07. The van der Waals surface area contributed by atoms with Gasteiger partial charge in [-0.3, -0.25) is 5.43 Å². The number of halogens is 1. The Morgan fingerprint density at radius 1 is 1.30 bits per heavy atom. The second kappa shape index (κ2) is 5.96. The van der Waals surface area contributed by atoms with Crippen LogP contribution in [0, 0.1) is 0 Å². The molecule has 0 bridgehead atoms. The van der Waals surface area contributed by atoms with Crippen LogP contribution in [-0.4, -0.2) is 24.6 Å². The molecule has 0 fully saturated rings. The normalized spacial score (nSPS) is 11.3. The third kappa shape index (κ3) is 3.60. The molecule has 9 heteroatoms. The molecule has 0 saturated heterocycles. The van der Waals surface area contributed by atoms with Gasteiger partial charge >= 0.3 is 0 Å². The summed E-state index contributed by atoms with van der Waals surface area (Å²) in [6.45, 7) is 0. The molecule has 3 N–H and O–H groups in total. The van der Waals surface area contributed by atoms with E-state index in [0.29, 0.717) is 10.0 Å². The van der Waals surface area contributed by atoms with Crippen LogP contribution >= 0.6 is 23.4 Å². The summed E-state index contributed by atoms with van der Waals surface area (Å²) < 4.78 is 22.7. The first-order valence-electron chi connectivity index (χ1n) is 5.37. The van der Waals surface area contributed by atoms with Gasteiger partial charge in [0.25, 0.3) is 0 Å². The quantitative estimate of drug-likeness (QED) is 0.502. The highest BCUT2D eigenvalue weighted by Crippen LogP contribution is 2.32. The van der Waals surface area contributed by atoms with Crippen LogP contribution < -0.4 is 11.3 Å². The van der Waals surface area contributed by atoms with Gasteiger partial charge in [0, 0.05) is 11.2 Å². The SMILES string of the molecule is CS(=O)(=O)c1ccc(Sc2nc(NN)ncc2Cl)cc1. The molecule has 0 atom stereocenters. The number of rotatable bonds is 4. The first kappa shape index (κ1) is 15.0. The van der Waals surface area contributed by atoms with Crippen LogP contribution in [0.2, 0.25) is 5.02 Å². The van der Waals surface area contributed by atoms with E-state index in [1.165, 1.54) is 30.1 Å². The number of hydrazine groups is 1. The molecule has 0 unspecified atom stereocenters. The van der Waals surface area contributed by atoms with Crippen molar-refractivity contribution in [1.82, 2.24) is 9.97 Å². The molecule has 20 heavy (non-hydrogen) atoms. The van der Waals surface area contributed by atoms with Crippen molar-refractivity contribution in [2.45, 2.75) is 14.8 Å². The molecule has 0 amide bonds. The third-order valence-electron chi connectivity index (χ3n) is 2.31. The molecule has 6 nitrogen and oxygen atoms in total. The van der Waals surface area contributed by atoms with Crippen molar-refractivity contribution in [3.63, 3.8) is 0 Å². The maximum Gasteiger partial charge on any atom is 0.238 e. The smallest absolute Gasteiger partial charge is 0.238 e. The van der Waals surface area contributed by atoms with Crippen LogP contribution in [0.15, 0.2) is 45.3 Å². The first-order valence-corrected chi connectivity index (χ1v) is 8.46. The maximum atomic E-state index is 11.4. The molecule has 0 radical (unpaired) electrons. The van der Waals surface area contributed by atoms with Crippen molar-refractivity contribution in [3.8, 4) is 0 Å². The highest BCUT2D eigenvalue weighted by molar-refractivity contribution is 7.99. The number of sulfone groups is 1. The average Bonchev–Trinajstić information content (AvgIpc) is 2.41. The largest absolute Gasteiger partial charge is 0.292 e. The van der Waals surface area contributed by atoms with E-state index in [2.05, 4.69) is 15.4 Å². The van der Waals surface area contributed by atoms with Crippen molar-refractivity contribution in [2.24, 2.45) is 5.84 Å². The van der Waals surface area contributed by atoms with Gasteiger partial charge in [0.2, 0.25) is 5.95 Å². The Balaban J connectivity index is 2.26. The van der Waals surface area contributed by atoms with Gasteiger partial charge in [0.15, 0.2) is 9.84 Å². The molecule has 1 aromatic carbocycles. The summed E-state index contributed by atoms with van der Waals surface area (Å²) in [5, 5.41) is 0.919. The molecule has 0 aliphatic carbocycles. The second-order valence-electron chi connectivity index (χ2n) is 3.84. The molecular weight excluding hydrogens is 320 g/mol. The Morgan fingerprint density at radius 2 is 1.95 bits per heavy atom. The van der Waals surface area contributed by atoms with Crippen molar-refractivity contribution >= 4 is 39.1 Å². The number of nitrogens with zero attached hydrogens (tertiary/aromatic N) is 2. The number of aromatic nitrogens is 2. The zero-order chi connectivity index (χ0) is 14.8. The van der Waals surface area contributed by atoms with Crippen molar-refractivity contribution in [2.75, 3.05) is 11.7 Å². The van der Waals surface area contributed by atoms with Gasteiger partial charge in [-0.05, 0) is 24.3 Å². The van der Waals surface area contributed by atoms with Crippen LogP contribution in [0.3, 0.4) is 0 Å². The monoisotopic (exact) mass is 330 g/mol. The van der Waals surface area contributed by atoms with E-state index in [0.717, 1.165) is 11.2 Å². The van der Waals surface area contributed by atoms with Gasteiger partial charge in [0.05, 0.1) is 16.1 Å². The summed E-state index contributed by atoms with van der Waals surface area (Å²) >= 11 is 7.29. The molecule has 0 saturated carbocycles. The zero-order valence-electron chi connectivity index (χ0n) is 10.4. The average molecular weight is 331 g/mol. The van der Waals surface area contributed by atoms with Crippen LogP contribution in [-0.2, 0) is 9.84 Å². The van der Waals surface area contributed by atoms with Crippen LogP contribution in [0.5, 0.6) is 0 Å². The van der Waals surface area contributed by atoms with Gasteiger partial charge in [-0.15, -0.1) is 0 Å². The second-order valence-corrected chi connectivity index (χ2v) is 7.32. The van der Waals surface area contributed by atoms with Gasteiger partial charge in [-0.25, -0.2) is 24.2 Å². The number of nitrogens with one attached hydrogen (secondary N) is 1. The first-order chi connectivity index (χ1) is 9.40. The standard InChI is InChI=1S/C11H11ClN4O2S2/c1-20(17,18)8-4-2-7(3-5-8)19-10-9(12)6-14-11(15-10)16-13/h2-6H,13H2,1H3,(H,14,15,16). The van der Waals surface area contributed by atoms with E-state index in [-0.39, 0.29) is 10.8 Å². The minimum Gasteiger partial charge on any atom is -0.292 e. The molecule has 2 aromatic rings. The number of nitrogens with two attached hydrogens (primary N) is 1. The lowest BCUT2D eigenvalue weighted by Crippen LogP contribution is -2.10. The summed E-state index contributed by atoms with van der Waals surface area (Å²) in [5.74, 6) is 5.49. The summed E-state index contributed by atoms with van der Waals surface area (Å²) in [5.41, 5.74) is 2.34. The highest BCUT2D eigenvalue weighted by atomic mass is 35.5. The minimum absolute atomic E-state index is 0.254. The predicted octanol–water partition coefficient (Wildman–Crippen LogP) is 1.97. The lowest BCUT2D eigenvalue weighted by Gasteiger charge is -2.05. The fourth-order valence-electron chi connectivity index (χ4n) is 1.36. The summed E-state index contributed by atoms with van der Waals surface area (Å²) in [6, 6.07) is 6.45. The van der Waals surface area contributed by atoms with Crippen LogP contribution in [0.25, 0.3) is 0 Å². The Bertz CT molecular complexity index is 720. The molecule has 0 aliphatic heterocycles. The molecule has 2 rings (SSSR count). The fraction of sp³-hybridized carbons (Fsp3) is 0.0909. The Labute approximate surface area is 125 Å². The molecule has 0 spiro atoms. The van der Waals surface area contributed by atoms with Gasteiger partial charge < -0.3 is 0 Å². The molecule has 106 valence electrons. The topological polar surface area (TPSA) is 98.0 Å². The maximum absolute atomic E-state index is 11.4. The number of anilines is 1. The molecule has 1 heterocycles. The van der Waals surface area contributed by atoms with Crippen LogP contribution in [0.4, 0.5) is 5.95 Å². The molecule has 0 aliphatic rings. The van der Waals surface area contributed by atoms with Crippen LogP contribution in [0.1, 0.15) is 0 Å². The summed E-state index contributed by atoms with van der Waals surface area (Å²) in [7, 11) is -3.20. The van der Waals surface area contributed by atoms with Gasteiger partial charge in [-0.1, -0.05) is 23.4 Å². The van der Waals surface area contributed by atoms with E-state index >= 15 is 0 Å². The fourth-order valence-corrected chi connectivity index (χ4v) is 2.97.